The second-order valence-corrected chi connectivity index (χ2v) is 5.93. The quantitative estimate of drug-likeness (QED) is 0.779. The third-order valence-corrected chi connectivity index (χ3v) is 4.16. The number of nitrogens with zero attached hydrogens (tertiary/aromatic N) is 3. The SMILES string of the molecule is COCCCC1CCCN(C(=O)c2cc(C(F)(F)F)nn2C)C1. The molecule has 1 saturated heterocycles. The number of ether oxygens (including phenoxy) is 1. The first-order chi connectivity index (χ1) is 10.8. The Hall–Kier alpha value is -1.57. The molecule has 1 atom stereocenters. The van der Waals surface area contributed by atoms with Crippen LogP contribution in [0.4, 0.5) is 13.2 Å². The Morgan fingerprint density at radius 2 is 2.22 bits per heavy atom. The molecule has 2 rings (SSSR count). The van der Waals surface area contributed by atoms with Gasteiger partial charge in [0.25, 0.3) is 5.91 Å². The summed E-state index contributed by atoms with van der Waals surface area (Å²) >= 11 is 0. The van der Waals surface area contributed by atoms with Crippen LogP contribution >= 0.6 is 0 Å². The van der Waals surface area contributed by atoms with Gasteiger partial charge < -0.3 is 9.64 Å². The first-order valence-corrected chi connectivity index (χ1v) is 7.72. The van der Waals surface area contributed by atoms with Crippen molar-refractivity contribution < 1.29 is 22.7 Å². The number of aryl methyl sites for hydroxylation is 1. The van der Waals surface area contributed by atoms with Crippen molar-refractivity contribution in [3.63, 3.8) is 0 Å². The van der Waals surface area contributed by atoms with Gasteiger partial charge in [-0.2, -0.15) is 18.3 Å². The maximum absolute atomic E-state index is 12.7. The number of hydrogen-bond donors (Lipinski definition) is 0. The molecular formula is C15H22F3N3O2. The lowest BCUT2D eigenvalue weighted by molar-refractivity contribution is -0.141. The van der Waals surface area contributed by atoms with E-state index < -0.39 is 11.9 Å². The van der Waals surface area contributed by atoms with Gasteiger partial charge in [0.15, 0.2) is 5.69 Å². The smallest absolute Gasteiger partial charge is 0.385 e. The summed E-state index contributed by atoms with van der Waals surface area (Å²) in [4.78, 5) is 14.1. The molecule has 1 aromatic rings. The van der Waals surface area contributed by atoms with Crippen LogP contribution in [-0.2, 0) is 18.0 Å². The molecule has 5 nitrogen and oxygen atoms in total. The highest BCUT2D eigenvalue weighted by molar-refractivity contribution is 5.92. The summed E-state index contributed by atoms with van der Waals surface area (Å²) in [6.45, 7) is 1.84. The molecule has 2 heterocycles. The number of methoxy groups -OCH3 is 1. The standard InChI is InChI=1S/C15H22F3N3O2/c1-20-12(9-13(19-20)15(16,17)18)14(22)21-7-3-5-11(10-21)6-4-8-23-2/h9,11H,3-8,10H2,1-2H3. The zero-order valence-electron chi connectivity index (χ0n) is 13.4. The molecule has 0 N–H and O–H groups in total. The minimum absolute atomic E-state index is 0.0186. The Labute approximate surface area is 133 Å². The Morgan fingerprint density at radius 1 is 1.48 bits per heavy atom. The number of aromatic nitrogens is 2. The highest BCUT2D eigenvalue weighted by Gasteiger charge is 2.36. The summed E-state index contributed by atoms with van der Waals surface area (Å²) < 4.78 is 44.2. The van der Waals surface area contributed by atoms with Crippen molar-refractivity contribution in [1.82, 2.24) is 14.7 Å². The highest BCUT2D eigenvalue weighted by atomic mass is 19.4. The van der Waals surface area contributed by atoms with E-state index in [2.05, 4.69) is 5.10 Å². The number of amides is 1. The van der Waals surface area contributed by atoms with E-state index in [9.17, 15) is 18.0 Å². The van der Waals surface area contributed by atoms with Crippen molar-refractivity contribution in [2.24, 2.45) is 13.0 Å². The van der Waals surface area contributed by atoms with Crippen molar-refractivity contribution in [2.45, 2.75) is 31.9 Å². The van der Waals surface area contributed by atoms with Gasteiger partial charge in [0.1, 0.15) is 5.69 Å². The van der Waals surface area contributed by atoms with Crippen LogP contribution in [0.3, 0.4) is 0 Å². The monoisotopic (exact) mass is 333 g/mol. The zero-order chi connectivity index (χ0) is 17.0. The van der Waals surface area contributed by atoms with Crippen molar-refractivity contribution in [2.75, 3.05) is 26.8 Å². The van der Waals surface area contributed by atoms with E-state index in [1.54, 1.807) is 12.0 Å². The minimum atomic E-state index is -4.54. The molecular weight excluding hydrogens is 311 g/mol. The van der Waals surface area contributed by atoms with Gasteiger partial charge in [-0.25, -0.2) is 0 Å². The number of likely N-dealkylation sites (tertiary alicyclic amines) is 1. The van der Waals surface area contributed by atoms with E-state index in [1.807, 2.05) is 0 Å². The Bertz CT molecular complexity index is 543. The van der Waals surface area contributed by atoms with E-state index in [-0.39, 0.29) is 11.6 Å². The lowest BCUT2D eigenvalue weighted by atomic mass is 9.93. The predicted octanol–water partition coefficient (Wildman–Crippen LogP) is 2.72. The van der Waals surface area contributed by atoms with Gasteiger partial charge in [0.2, 0.25) is 0 Å². The normalized spacial score (nSPS) is 19.2. The number of alkyl halides is 3. The van der Waals surface area contributed by atoms with Gasteiger partial charge in [0, 0.05) is 39.9 Å². The molecule has 23 heavy (non-hydrogen) atoms. The van der Waals surface area contributed by atoms with E-state index in [0.29, 0.717) is 25.6 Å². The lowest BCUT2D eigenvalue weighted by Crippen LogP contribution is -2.40. The topological polar surface area (TPSA) is 47.4 Å². The molecule has 0 aromatic carbocycles. The highest BCUT2D eigenvalue weighted by Crippen LogP contribution is 2.29. The first kappa shape index (κ1) is 17.8. The largest absolute Gasteiger partial charge is 0.435 e. The molecule has 1 fully saturated rings. The molecule has 0 spiro atoms. The Balaban J connectivity index is 2.03. The predicted molar refractivity (Wildman–Crippen MR) is 77.9 cm³/mol. The molecule has 0 radical (unpaired) electrons. The molecule has 8 heteroatoms. The number of halogens is 3. The Morgan fingerprint density at radius 3 is 2.83 bits per heavy atom. The van der Waals surface area contributed by atoms with Crippen LogP contribution < -0.4 is 0 Å². The van der Waals surface area contributed by atoms with Crippen molar-refractivity contribution in [1.29, 1.82) is 0 Å². The second kappa shape index (κ2) is 7.33. The maximum Gasteiger partial charge on any atom is 0.435 e. The molecule has 1 aromatic heterocycles. The van der Waals surface area contributed by atoms with Crippen LogP contribution in [0.5, 0.6) is 0 Å². The molecule has 0 bridgehead atoms. The van der Waals surface area contributed by atoms with Crippen molar-refractivity contribution in [3.05, 3.63) is 17.5 Å². The molecule has 1 aliphatic heterocycles. The number of hydrogen-bond acceptors (Lipinski definition) is 3. The lowest BCUT2D eigenvalue weighted by Gasteiger charge is -2.32. The van der Waals surface area contributed by atoms with Crippen LogP contribution in [0.15, 0.2) is 6.07 Å². The molecule has 1 amide bonds. The van der Waals surface area contributed by atoms with Gasteiger partial charge in [0.05, 0.1) is 0 Å². The zero-order valence-corrected chi connectivity index (χ0v) is 13.4. The maximum atomic E-state index is 12.7. The second-order valence-electron chi connectivity index (χ2n) is 5.93. The van der Waals surface area contributed by atoms with E-state index in [0.717, 1.165) is 36.4 Å². The molecule has 1 unspecified atom stereocenters. The van der Waals surface area contributed by atoms with Crippen LogP contribution in [0.25, 0.3) is 0 Å². The fourth-order valence-corrected chi connectivity index (χ4v) is 2.97. The third kappa shape index (κ3) is 4.46. The molecule has 0 saturated carbocycles. The van der Waals surface area contributed by atoms with Gasteiger partial charge in [-0.15, -0.1) is 0 Å². The van der Waals surface area contributed by atoms with Gasteiger partial charge in [-0.3, -0.25) is 9.48 Å². The number of rotatable bonds is 5. The summed E-state index contributed by atoms with van der Waals surface area (Å²) in [6, 6.07) is 0.830. The van der Waals surface area contributed by atoms with Crippen LogP contribution in [0.1, 0.15) is 41.9 Å². The first-order valence-electron chi connectivity index (χ1n) is 7.72. The third-order valence-electron chi connectivity index (χ3n) is 4.16. The fraction of sp³-hybridized carbons (Fsp3) is 0.733. The average Bonchev–Trinajstić information content (AvgIpc) is 2.89. The van der Waals surface area contributed by atoms with E-state index >= 15 is 0 Å². The average molecular weight is 333 g/mol. The van der Waals surface area contributed by atoms with Crippen molar-refractivity contribution >= 4 is 5.91 Å². The van der Waals surface area contributed by atoms with Crippen LogP contribution in [0.2, 0.25) is 0 Å². The summed E-state index contributed by atoms with van der Waals surface area (Å²) in [7, 11) is 3.01. The van der Waals surface area contributed by atoms with Gasteiger partial charge in [-0.1, -0.05) is 0 Å². The number of carbonyl (C=O) groups excluding carboxylic acids is 1. The van der Waals surface area contributed by atoms with Crippen molar-refractivity contribution in [3.8, 4) is 0 Å². The van der Waals surface area contributed by atoms with E-state index in [4.69, 9.17) is 4.74 Å². The van der Waals surface area contributed by atoms with Crippen LogP contribution in [-0.4, -0.2) is 47.4 Å². The summed E-state index contributed by atoms with van der Waals surface area (Å²) in [5.74, 6) is -0.00916. The summed E-state index contributed by atoms with van der Waals surface area (Å²) in [5, 5.41) is 3.41. The van der Waals surface area contributed by atoms with Gasteiger partial charge in [-0.05, 0) is 31.6 Å². The number of piperidine rings is 1. The molecule has 130 valence electrons. The fourth-order valence-electron chi connectivity index (χ4n) is 2.97. The molecule has 0 aliphatic carbocycles. The van der Waals surface area contributed by atoms with Crippen LogP contribution in [0, 0.1) is 5.92 Å². The summed E-state index contributed by atoms with van der Waals surface area (Å²) in [6.07, 6.45) is -0.759. The molecule has 1 aliphatic rings. The summed E-state index contributed by atoms with van der Waals surface area (Å²) in [5.41, 5.74) is -1.05. The van der Waals surface area contributed by atoms with Gasteiger partial charge >= 0.3 is 6.18 Å². The van der Waals surface area contributed by atoms with E-state index in [1.165, 1.54) is 7.05 Å². The number of carbonyl (C=O) groups is 1. The minimum Gasteiger partial charge on any atom is -0.385 e. The Kier molecular flexibility index (Phi) is 5.67.